The number of nitrogens with one attached hydrogen (secondary N) is 1. The summed E-state index contributed by atoms with van der Waals surface area (Å²) in [6.45, 7) is 4.44. The molecule has 3 rings (SSSR count). The summed E-state index contributed by atoms with van der Waals surface area (Å²) >= 11 is 0. The monoisotopic (exact) mass is 362 g/mol. The molecule has 5 nitrogen and oxygen atoms in total. The number of pyridine rings is 1. The van der Waals surface area contributed by atoms with Gasteiger partial charge in [-0.05, 0) is 49.7 Å². The normalized spacial score (nSPS) is 20.5. The Balaban J connectivity index is 1.76. The van der Waals surface area contributed by atoms with Crippen LogP contribution in [0.1, 0.15) is 68.2 Å². The Morgan fingerprint density at radius 1 is 1.23 bits per heavy atom. The van der Waals surface area contributed by atoms with Crippen molar-refractivity contribution in [1.29, 1.82) is 0 Å². The lowest BCUT2D eigenvalue weighted by Gasteiger charge is -2.30. The van der Waals surface area contributed by atoms with Crippen LogP contribution < -0.4 is 5.32 Å². The van der Waals surface area contributed by atoms with Gasteiger partial charge in [-0.15, -0.1) is 0 Å². The highest BCUT2D eigenvalue weighted by Gasteiger charge is 2.27. The number of nitrogens with zero attached hydrogens (tertiary/aromatic N) is 3. The van der Waals surface area contributed by atoms with Gasteiger partial charge in [-0.3, -0.25) is 14.5 Å². The summed E-state index contributed by atoms with van der Waals surface area (Å²) in [5, 5.41) is 6.61. The van der Waals surface area contributed by atoms with E-state index >= 15 is 0 Å². The maximum absolute atomic E-state index is 13.4. The van der Waals surface area contributed by atoms with Gasteiger partial charge in [-0.25, -0.2) is 8.78 Å². The lowest BCUT2D eigenvalue weighted by atomic mass is 9.80. The van der Waals surface area contributed by atoms with Gasteiger partial charge in [0.05, 0.1) is 11.7 Å². The quantitative estimate of drug-likeness (QED) is 0.827. The fourth-order valence-corrected chi connectivity index (χ4v) is 3.57. The van der Waals surface area contributed by atoms with Crippen molar-refractivity contribution < 1.29 is 13.6 Å². The van der Waals surface area contributed by atoms with Gasteiger partial charge in [0.1, 0.15) is 5.69 Å². The highest BCUT2D eigenvalue weighted by molar-refractivity contribution is 6.03. The van der Waals surface area contributed by atoms with Crippen LogP contribution in [-0.2, 0) is 0 Å². The molecule has 1 saturated carbocycles. The summed E-state index contributed by atoms with van der Waals surface area (Å²) in [6.07, 6.45) is 4.25. The minimum Gasteiger partial charge on any atom is -0.318 e. The zero-order valence-corrected chi connectivity index (χ0v) is 15.0. The fourth-order valence-electron chi connectivity index (χ4n) is 3.57. The molecule has 2 aromatic rings. The lowest BCUT2D eigenvalue weighted by Crippen LogP contribution is -2.21. The topological polar surface area (TPSA) is 59.8 Å². The number of anilines is 1. The number of rotatable bonds is 5. The summed E-state index contributed by atoms with van der Waals surface area (Å²) in [6, 6.07) is 5.00. The van der Waals surface area contributed by atoms with E-state index < -0.39 is 12.3 Å². The van der Waals surface area contributed by atoms with Gasteiger partial charge in [-0.2, -0.15) is 5.10 Å². The molecule has 1 aliphatic rings. The van der Waals surface area contributed by atoms with Crippen LogP contribution in [-0.4, -0.2) is 20.7 Å². The van der Waals surface area contributed by atoms with E-state index in [1.54, 1.807) is 16.8 Å². The van der Waals surface area contributed by atoms with Gasteiger partial charge in [-0.1, -0.05) is 19.9 Å². The molecule has 2 heterocycles. The summed E-state index contributed by atoms with van der Waals surface area (Å²) in [5.41, 5.74) is -0.153. The molecule has 140 valence electrons. The third-order valence-corrected chi connectivity index (χ3v) is 5.17. The first-order chi connectivity index (χ1) is 12.5. The minimum absolute atomic E-state index is 0.0571. The van der Waals surface area contributed by atoms with Crippen LogP contribution in [0.15, 0.2) is 30.6 Å². The standard InChI is InChI=1S/C19H24F2N4O/c1-12(2)13-6-8-14(9-7-13)25-11-16(17(24-25)18(20)21)23-19(26)15-5-3-4-10-22-15/h3-5,10-14,18H,6-9H2,1-2H3,(H,23,26). The molecule has 1 aliphatic carbocycles. The zero-order valence-electron chi connectivity index (χ0n) is 15.0. The second kappa shape index (κ2) is 7.93. The second-order valence-electron chi connectivity index (χ2n) is 7.19. The van der Waals surface area contributed by atoms with E-state index in [9.17, 15) is 13.6 Å². The van der Waals surface area contributed by atoms with Crippen LogP contribution >= 0.6 is 0 Å². The van der Waals surface area contributed by atoms with E-state index in [-0.39, 0.29) is 23.1 Å². The number of aromatic nitrogens is 3. The van der Waals surface area contributed by atoms with Crippen molar-refractivity contribution >= 4 is 11.6 Å². The van der Waals surface area contributed by atoms with E-state index in [0.717, 1.165) is 25.7 Å². The third kappa shape index (κ3) is 4.08. The number of halogens is 2. The highest BCUT2D eigenvalue weighted by Crippen LogP contribution is 2.37. The van der Waals surface area contributed by atoms with Gasteiger partial charge in [0.25, 0.3) is 12.3 Å². The summed E-state index contributed by atoms with van der Waals surface area (Å²) in [7, 11) is 0. The molecule has 0 aromatic carbocycles. The van der Waals surface area contributed by atoms with Crippen molar-refractivity contribution in [2.75, 3.05) is 5.32 Å². The first-order valence-corrected chi connectivity index (χ1v) is 9.05. The summed E-state index contributed by atoms with van der Waals surface area (Å²) in [5.74, 6) is 0.800. The Hall–Kier alpha value is -2.31. The number of carbonyl (C=O) groups is 1. The Bertz CT molecular complexity index is 737. The molecule has 0 atom stereocenters. The van der Waals surface area contributed by atoms with Crippen LogP contribution in [0.25, 0.3) is 0 Å². The molecule has 0 aliphatic heterocycles. The van der Waals surface area contributed by atoms with Crippen molar-refractivity contribution in [2.24, 2.45) is 11.8 Å². The van der Waals surface area contributed by atoms with E-state index in [1.807, 2.05) is 0 Å². The third-order valence-electron chi connectivity index (χ3n) is 5.17. The SMILES string of the molecule is CC(C)C1CCC(n2cc(NC(=O)c3ccccn3)c(C(F)F)n2)CC1. The van der Waals surface area contributed by atoms with Crippen molar-refractivity contribution in [3.63, 3.8) is 0 Å². The molecular formula is C19H24F2N4O. The maximum Gasteiger partial charge on any atom is 0.284 e. The molecule has 7 heteroatoms. The van der Waals surface area contributed by atoms with Crippen LogP contribution in [0.2, 0.25) is 0 Å². The minimum atomic E-state index is -2.75. The van der Waals surface area contributed by atoms with E-state index in [4.69, 9.17) is 0 Å². The van der Waals surface area contributed by atoms with Crippen LogP contribution in [0.4, 0.5) is 14.5 Å². The molecule has 0 bridgehead atoms. The molecule has 1 fully saturated rings. The number of alkyl halides is 2. The van der Waals surface area contributed by atoms with Crippen molar-refractivity contribution in [3.05, 3.63) is 42.0 Å². The average Bonchev–Trinajstić information content (AvgIpc) is 3.06. The second-order valence-corrected chi connectivity index (χ2v) is 7.19. The summed E-state index contributed by atoms with van der Waals surface area (Å²) in [4.78, 5) is 16.2. The van der Waals surface area contributed by atoms with Crippen LogP contribution in [0, 0.1) is 11.8 Å². The van der Waals surface area contributed by atoms with Crippen LogP contribution in [0.3, 0.4) is 0 Å². The van der Waals surface area contributed by atoms with E-state index in [2.05, 4.69) is 29.2 Å². The first kappa shape index (κ1) is 18.5. The molecule has 26 heavy (non-hydrogen) atoms. The molecule has 0 radical (unpaired) electrons. The van der Waals surface area contributed by atoms with Gasteiger partial charge >= 0.3 is 0 Å². The largest absolute Gasteiger partial charge is 0.318 e. The Labute approximate surface area is 151 Å². The molecule has 0 spiro atoms. The number of hydrogen-bond acceptors (Lipinski definition) is 3. The molecule has 0 saturated heterocycles. The molecule has 1 N–H and O–H groups in total. The molecular weight excluding hydrogens is 338 g/mol. The predicted molar refractivity (Wildman–Crippen MR) is 95.2 cm³/mol. The number of amides is 1. The Kier molecular flexibility index (Phi) is 5.64. The van der Waals surface area contributed by atoms with Gasteiger partial charge in [0, 0.05) is 12.4 Å². The first-order valence-electron chi connectivity index (χ1n) is 9.05. The smallest absolute Gasteiger partial charge is 0.284 e. The maximum atomic E-state index is 13.4. The summed E-state index contributed by atoms with van der Waals surface area (Å²) < 4.78 is 28.4. The lowest BCUT2D eigenvalue weighted by molar-refractivity contribution is 0.102. The number of carbonyl (C=O) groups excluding carboxylic acids is 1. The molecule has 2 aromatic heterocycles. The van der Waals surface area contributed by atoms with E-state index in [1.165, 1.54) is 18.5 Å². The predicted octanol–water partition coefficient (Wildman–Crippen LogP) is 4.86. The van der Waals surface area contributed by atoms with Crippen molar-refractivity contribution in [2.45, 2.75) is 52.0 Å². The van der Waals surface area contributed by atoms with Gasteiger partial charge < -0.3 is 5.32 Å². The molecule has 0 unspecified atom stereocenters. The van der Waals surface area contributed by atoms with Crippen molar-refractivity contribution in [1.82, 2.24) is 14.8 Å². The Morgan fingerprint density at radius 2 is 1.96 bits per heavy atom. The average molecular weight is 362 g/mol. The fraction of sp³-hybridized carbons (Fsp3) is 0.526. The van der Waals surface area contributed by atoms with Gasteiger partial charge in [0.2, 0.25) is 0 Å². The zero-order chi connectivity index (χ0) is 18.7. The van der Waals surface area contributed by atoms with E-state index in [0.29, 0.717) is 11.8 Å². The molecule has 1 amide bonds. The van der Waals surface area contributed by atoms with Gasteiger partial charge in [0.15, 0.2) is 5.69 Å². The Morgan fingerprint density at radius 3 is 2.54 bits per heavy atom. The van der Waals surface area contributed by atoms with Crippen LogP contribution in [0.5, 0.6) is 0 Å². The van der Waals surface area contributed by atoms with Crippen molar-refractivity contribution in [3.8, 4) is 0 Å². The highest BCUT2D eigenvalue weighted by atomic mass is 19.3. The number of hydrogen-bond donors (Lipinski definition) is 1.